The number of anilines is 1. The highest BCUT2D eigenvalue weighted by atomic mass is 32.1. The van der Waals surface area contributed by atoms with Crippen molar-refractivity contribution in [2.24, 2.45) is 5.73 Å². The maximum atomic E-state index is 12.2. The average Bonchev–Trinajstić information content (AvgIpc) is 2.87. The lowest BCUT2D eigenvalue weighted by Crippen LogP contribution is -2.27. The van der Waals surface area contributed by atoms with E-state index >= 15 is 0 Å². The minimum absolute atomic E-state index is 0.159. The Balaban J connectivity index is 2.15. The van der Waals surface area contributed by atoms with E-state index in [0.29, 0.717) is 24.5 Å². The predicted octanol–water partition coefficient (Wildman–Crippen LogP) is 1.32. The minimum Gasteiger partial charge on any atom is -0.330 e. The molecule has 94 valence electrons. The number of amides is 1. The zero-order valence-electron chi connectivity index (χ0n) is 10.0. The molecule has 0 aliphatic heterocycles. The molecule has 0 atom stereocenters. The summed E-state index contributed by atoms with van der Waals surface area (Å²) in [5.41, 5.74) is 5.90. The number of nitrogens with zero attached hydrogens (tertiary/aromatic N) is 3. The zero-order chi connectivity index (χ0) is 13.0. The van der Waals surface area contributed by atoms with Crippen LogP contribution in [0.2, 0.25) is 0 Å². The molecule has 1 amide bonds. The predicted molar refractivity (Wildman–Crippen MR) is 71.8 cm³/mol. The Labute approximate surface area is 109 Å². The molecular formula is C12H14N4OS. The van der Waals surface area contributed by atoms with E-state index in [1.165, 1.54) is 16.2 Å². The van der Waals surface area contributed by atoms with Crippen molar-refractivity contribution in [2.75, 3.05) is 18.5 Å². The van der Waals surface area contributed by atoms with Crippen LogP contribution in [0.1, 0.15) is 15.5 Å². The summed E-state index contributed by atoms with van der Waals surface area (Å²) in [5, 5.41) is 2.64. The molecule has 0 saturated carbocycles. The third-order valence-electron chi connectivity index (χ3n) is 2.43. The lowest BCUT2D eigenvalue weighted by Gasteiger charge is -2.14. The van der Waals surface area contributed by atoms with Gasteiger partial charge in [0.05, 0.1) is 5.01 Å². The van der Waals surface area contributed by atoms with Gasteiger partial charge in [-0.1, -0.05) is 6.07 Å². The van der Waals surface area contributed by atoms with Crippen molar-refractivity contribution in [3.8, 4) is 0 Å². The number of carbonyl (C=O) groups is 1. The van der Waals surface area contributed by atoms with Crippen LogP contribution in [-0.4, -0.2) is 29.5 Å². The van der Waals surface area contributed by atoms with E-state index in [4.69, 9.17) is 5.73 Å². The summed E-state index contributed by atoms with van der Waals surface area (Å²) in [4.78, 5) is 22.0. The molecule has 2 aromatic rings. The quantitative estimate of drug-likeness (QED) is 0.902. The lowest BCUT2D eigenvalue weighted by atomic mass is 10.3. The van der Waals surface area contributed by atoms with Crippen molar-refractivity contribution in [3.05, 3.63) is 40.5 Å². The van der Waals surface area contributed by atoms with Crippen LogP contribution in [-0.2, 0) is 6.42 Å². The molecule has 2 heterocycles. The highest BCUT2D eigenvalue weighted by molar-refractivity contribution is 7.09. The van der Waals surface area contributed by atoms with Gasteiger partial charge in [-0.25, -0.2) is 9.97 Å². The van der Waals surface area contributed by atoms with E-state index in [0.717, 1.165) is 5.01 Å². The zero-order valence-corrected chi connectivity index (χ0v) is 10.9. The van der Waals surface area contributed by atoms with Crippen molar-refractivity contribution >= 4 is 23.1 Å². The first kappa shape index (κ1) is 12.7. The van der Waals surface area contributed by atoms with Gasteiger partial charge >= 0.3 is 0 Å². The second kappa shape index (κ2) is 5.70. The monoisotopic (exact) mass is 262 g/mol. The maximum Gasteiger partial charge on any atom is 0.278 e. The smallest absolute Gasteiger partial charge is 0.278 e. The SMILES string of the molecule is CN(C(=O)c1csc(CCN)n1)c1ccccn1. The molecule has 2 N–H and O–H groups in total. The largest absolute Gasteiger partial charge is 0.330 e. The Hall–Kier alpha value is -1.79. The third-order valence-corrected chi connectivity index (χ3v) is 3.34. The van der Waals surface area contributed by atoms with Crippen LogP contribution in [0.4, 0.5) is 5.82 Å². The summed E-state index contributed by atoms with van der Waals surface area (Å²) in [6, 6.07) is 5.43. The van der Waals surface area contributed by atoms with Gasteiger partial charge in [-0.2, -0.15) is 0 Å². The summed E-state index contributed by atoms with van der Waals surface area (Å²) < 4.78 is 0. The standard InChI is InChI=1S/C12H14N4OS/c1-16(10-4-2-3-7-14-10)12(17)9-8-18-11(15-9)5-6-13/h2-4,7-8H,5-6,13H2,1H3. The molecule has 0 unspecified atom stereocenters. The Bertz CT molecular complexity index is 526. The summed E-state index contributed by atoms with van der Waals surface area (Å²) in [6.07, 6.45) is 2.35. The molecule has 0 aliphatic rings. The van der Waals surface area contributed by atoms with Gasteiger partial charge in [0.15, 0.2) is 0 Å². The van der Waals surface area contributed by atoms with Gasteiger partial charge in [-0.15, -0.1) is 11.3 Å². The number of aromatic nitrogens is 2. The second-order valence-corrected chi connectivity index (χ2v) is 4.66. The Morgan fingerprint density at radius 1 is 1.50 bits per heavy atom. The molecule has 0 fully saturated rings. The van der Waals surface area contributed by atoms with Gasteiger partial charge in [0, 0.05) is 25.0 Å². The third kappa shape index (κ3) is 2.72. The van der Waals surface area contributed by atoms with E-state index in [1.807, 2.05) is 12.1 Å². The fourth-order valence-electron chi connectivity index (χ4n) is 1.48. The molecule has 5 nitrogen and oxygen atoms in total. The highest BCUT2D eigenvalue weighted by Gasteiger charge is 2.17. The molecule has 18 heavy (non-hydrogen) atoms. The Morgan fingerprint density at radius 2 is 2.33 bits per heavy atom. The average molecular weight is 262 g/mol. The molecular weight excluding hydrogens is 248 g/mol. The van der Waals surface area contributed by atoms with Crippen molar-refractivity contribution in [1.29, 1.82) is 0 Å². The van der Waals surface area contributed by atoms with Crippen LogP contribution in [0.3, 0.4) is 0 Å². The Morgan fingerprint density at radius 3 is 3.00 bits per heavy atom. The van der Waals surface area contributed by atoms with Gasteiger partial charge in [0.1, 0.15) is 11.5 Å². The van der Waals surface area contributed by atoms with E-state index in [-0.39, 0.29) is 5.91 Å². The second-order valence-electron chi connectivity index (χ2n) is 3.72. The van der Waals surface area contributed by atoms with Crippen LogP contribution < -0.4 is 10.6 Å². The Kier molecular flexibility index (Phi) is 4.01. The number of hydrogen-bond donors (Lipinski definition) is 1. The molecule has 0 radical (unpaired) electrons. The number of rotatable bonds is 4. The highest BCUT2D eigenvalue weighted by Crippen LogP contribution is 2.15. The van der Waals surface area contributed by atoms with Crippen LogP contribution in [0, 0.1) is 0 Å². The van der Waals surface area contributed by atoms with Crippen molar-refractivity contribution < 1.29 is 4.79 Å². The molecule has 0 saturated heterocycles. The van der Waals surface area contributed by atoms with E-state index in [9.17, 15) is 4.79 Å². The summed E-state index contributed by atoms with van der Waals surface area (Å²) in [6.45, 7) is 0.539. The summed E-state index contributed by atoms with van der Waals surface area (Å²) >= 11 is 1.46. The summed E-state index contributed by atoms with van der Waals surface area (Å²) in [5.74, 6) is 0.448. The van der Waals surface area contributed by atoms with Crippen LogP contribution in [0.25, 0.3) is 0 Å². The fraction of sp³-hybridized carbons (Fsp3) is 0.250. The van der Waals surface area contributed by atoms with Gasteiger partial charge in [-0.3, -0.25) is 9.69 Å². The number of hydrogen-bond acceptors (Lipinski definition) is 5. The van der Waals surface area contributed by atoms with Gasteiger partial charge < -0.3 is 5.73 Å². The lowest BCUT2D eigenvalue weighted by molar-refractivity contribution is 0.0988. The topological polar surface area (TPSA) is 72.1 Å². The van der Waals surface area contributed by atoms with Gasteiger partial charge in [0.25, 0.3) is 5.91 Å². The van der Waals surface area contributed by atoms with Crippen molar-refractivity contribution in [2.45, 2.75) is 6.42 Å². The first-order valence-corrected chi connectivity index (χ1v) is 6.44. The molecule has 2 rings (SSSR count). The summed E-state index contributed by atoms with van der Waals surface area (Å²) in [7, 11) is 1.69. The van der Waals surface area contributed by atoms with Crippen molar-refractivity contribution in [1.82, 2.24) is 9.97 Å². The number of carbonyl (C=O) groups excluding carboxylic acids is 1. The molecule has 6 heteroatoms. The minimum atomic E-state index is -0.159. The molecule has 0 spiro atoms. The number of pyridine rings is 1. The number of thiazole rings is 1. The molecule has 0 aromatic carbocycles. The first-order chi connectivity index (χ1) is 8.72. The van der Waals surface area contributed by atoms with Crippen LogP contribution >= 0.6 is 11.3 Å². The van der Waals surface area contributed by atoms with Gasteiger partial charge in [-0.05, 0) is 18.7 Å². The van der Waals surface area contributed by atoms with E-state index in [2.05, 4.69) is 9.97 Å². The maximum absolute atomic E-state index is 12.2. The molecule has 0 bridgehead atoms. The first-order valence-electron chi connectivity index (χ1n) is 5.56. The van der Waals surface area contributed by atoms with Crippen LogP contribution in [0.5, 0.6) is 0 Å². The van der Waals surface area contributed by atoms with Gasteiger partial charge in [0.2, 0.25) is 0 Å². The normalized spacial score (nSPS) is 10.3. The molecule has 0 aliphatic carbocycles. The van der Waals surface area contributed by atoms with Crippen molar-refractivity contribution in [3.63, 3.8) is 0 Å². The number of nitrogens with two attached hydrogens (primary N) is 1. The fourth-order valence-corrected chi connectivity index (χ4v) is 2.26. The van der Waals surface area contributed by atoms with E-state index < -0.39 is 0 Å². The molecule has 2 aromatic heterocycles. The van der Waals surface area contributed by atoms with Crippen LogP contribution in [0.15, 0.2) is 29.8 Å². The van der Waals surface area contributed by atoms with E-state index in [1.54, 1.807) is 24.7 Å².